The molecule has 0 amide bonds. The summed E-state index contributed by atoms with van der Waals surface area (Å²) < 4.78 is 1.55. The zero-order valence-corrected chi connectivity index (χ0v) is 11.3. The standard InChI is InChI=1S/C12H17ClN2O2/c1-8-11(13)7-10(9(2)16)12(17)15(8)6-5-14(3)4/h7H,5-6H2,1-4H3. The van der Waals surface area contributed by atoms with Gasteiger partial charge < -0.3 is 9.47 Å². The number of likely N-dealkylation sites (N-methyl/N-ethyl adjacent to an activating group) is 1. The van der Waals surface area contributed by atoms with E-state index in [2.05, 4.69) is 0 Å². The van der Waals surface area contributed by atoms with Crippen molar-refractivity contribution in [2.24, 2.45) is 0 Å². The predicted molar refractivity (Wildman–Crippen MR) is 69.0 cm³/mol. The Morgan fingerprint density at radius 1 is 1.47 bits per heavy atom. The molecule has 0 unspecified atom stereocenters. The Balaban J connectivity index is 3.27. The first-order chi connectivity index (χ1) is 7.84. The molecule has 1 aromatic rings. The summed E-state index contributed by atoms with van der Waals surface area (Å²) in [6, 6.07) is 1.45. The van der Waals surface area contributed by atoms with Gasteiger partial charge in [0.1, 0.15) is 0 Å². The Bertz CT molecular complexity index is 492. The van der Waals surface area contributed by atoms with E-state index in [1.54, 1.807) is 11.5 Å². The second kappa shape index (κ2) is 5.47. The van der Waals surface area contributed by atoms with Crippen molar-refractivity contribution in [3.8, 4) is 0 Å². The zero-order chi connectivity index (χ0) is 13.2. The largest absolute Gasteiger partial charge is 0.310 e. The van der Waals surface area contributed by atoms with Gasteiger partial charge >= 0.3 is 0 Å². The van der Waals surface area contributed by atoms with Crippen LogP contribution in [0.4, 0.5) is 0 Å². The number of nitrogens with zero attached hydrogens (tertiary/aromatic N) is 2. The molecule has 94 valence electrons. The summed E-state index contributed by atoms with van der Waals surface area (Å²) in [4.78, 5) is 25.4. The number of carbonyl (C=O) groups is 1. The van der Waals surface area contributed by atoms with Crippen molar-refractivity contribution in [1.29, 1.82) is 0 Å². The van der Waals surface area contributed by atoms with Crippen molar-refractivity contribution in [2.75, 3.05) is 20.6 Å². The van der Waals surface area contributed by atoms with Gasteiger partial charge in [-0.1, -0.05) is 11.6 Å². The summed E-state index contributed by atoms with van der Waals surface area (Å²) in [5, 5.41) is 0.452. The second-order valence-electron chi connectivity index (χ2n) is 4.31. The first-order valence-corrected chi connectivity index (χ1v) is 5.78. The van der Waals surface area contributed by atoms with Crippen LogP contribution >= 0.6 is 11.6 Å². The van der Waals surface area contributed by atoms with E-state index < -0.39 is 0 Å². The van der Waals surface area contributed by atoms with Crippen molar-refractivity contribution in [2.45, 2.75) is 20.4 Å². The lowest BCUT2D eigenvalue weighted by molar-refractivity contribution is 0.101. The van der Waals surface area contributed by atoms with Crippen LogP contribution in [0.3, 0.4) is 0 Å². The monoisotopic (exact) mass is 256 g/mol. The SMILES string of the molecule is CC(=O)c1cc(Cl)c(C)n(CCN(C)C)c1=O. The summed E-state index contributed by atoms with van der Waals surface area (Å²) in [6.07, 6.45) is 0. The molecular formula is C12H17ClN2O2. The van der Waals surface area contributed by atoms with Gasteiger partial charge in [0.15, 0.2) is 5.78 Å². The summed E-state index contributed by atoms with van der Waals surface area (Å²) in [5.41, 5.74) is 0.587. The minimum Gasteiger partial charge on any atom is -0.310 e. The third kappa shape index (κ3) is 3.17. The van der Waals surface area contributed by atoms with Crippen LogP contribution in [0.25, 0.3) is 0 Å². The molecule has 1 aromatic heterocycles. The second-order valence-corrected chi connectivity index (χ2v) is 4.71. The van der Waals surface area contributed by atoms with Crippen molar-refractivity contribution >= 4 is 17.4 Å². The fraction of sp³-hybridized carbons (Fsp3) is 0.500. The van der Waals surface area contributed by atoms with Gasteiger partial charge in [-0.05, 0) is 34.0 Å². The van der Waals surface area contributed by atoms with Gasteiger partial charge in [0, 0.05) is 18.8 Å². The smallest absolute Gasteiger partial charge is 0.261 e. The molecule has 0 saturated carbocycles. The third-order valence-corrected chi connectivity index (χ3v) is 3.03. The van der Waals surface area contributed by atoms with Gasteiger partial charge in [0.05, 0.1) is 10.6 Å². The molecule has 0 aliphatic heterocycles. The number of Topliss-reactive ketones (excluding diaryl/α,β-unsaturated/α-hetero) is 1. The summed E-state index contributed by atoms with van der Waals surface area (Å²) in [7, 11) is 3.85. The lowest BCUT2D eigenvalue weighted by Crippen LogP contribution is -2.31. The van der Waals surface area contributed by atoms with Crippen molar-refractivity contribution < 1.29 is 4.79 Å². The van der Waals surface area contributed by atoms with Crippen LogP contribution in [-0.2, 0) is 6.54 Å². The number of pyridine rings is 1. The number of aromatic nitrogens is 1. The number of halogens is 1. The lowest BCUT2D eigenvalue weighted by Gasteiger charge is -2.15. The van der Waals surface area contributed by atoms with E-state index in [9.17, 15) is 9.59 Å². The Labute approximate surface area is 106 Å². The maximum Gasteiger partial charge on any atom is 0.261 e. The van der Waals surface area contributed by atoms with Crippen LogP contribution in [0.15, 0.2) is 10.9 Å². The Hall–Kier alpha value is -1.13. The van der Waals surface area contributed by atoms with Crippen LogP contribution in [-0.4, -0.2) is 35.9 Å². The Morgan fingerprint density at radius 3 is 2.53 bits per heavy atom. The summed E-state index contributed by atoms with van der Waals surface area (Å²) >= 11 is 6.02. The maximum atomic E-state index is 12.1. The van der Waals surface area contributed by atoms with Gasteiger partial charge in [-0.25, -0.2) is 0 Å². The highest BCUT2D eigenvalue weighted by atomic mass is 35.5. The molecule has 0 saturated heterocycles. The molecule has 0 spiro atoms. The van der Waals surface area contributed by atoms with E-state index in [4.69, 9.17) is 11.6 Å². The molecule has 0 fully saturated rings. The highest BCUT2D eigenvalue weighted by Gasteiger charge is 2.13. The fourth-order valence-corrected chi connectivity index (χ4v) is 1.75. The maximum absolute atomic E-state index is 12.1. The minimum atomic E-state index is -0.263. The quantitative estimate of drug-likeness (QED) is 0.768. The van der Waals surface area contributed by atoms with E-state index in [0.29, 0.717) is 17.3 Å². The van der Waals surface area contributed by atoms with Gasteiger partial charge in [-0.15, -0.1) is 0 Å². The molecule has 0 N–H and O–H groups in total. The molecule has 0 bridgehead atoms. The topological polar surface area (TPSA) is 42.3 Å². The normalized spacial score (nSPS) is 10.9. The van der Waals surface area contributed by atoms with Gasteiger partial charge in [-0.3, -0.25) is 9.59 Å². The average molecular weight is 257 g/mol. The number of hydrogen-bond donors (Lipinski definition) is 0. The average Bonchev–Trinajstić information content (AvgIpc) is 2.22. The number of rotatable bonds is 4. The van der Waals surface area contributed by atoms with Crippen molar-refractivity contribution in [3.05, 3.63) is 32.7 Å². The first-order valence-electron chi connectivity index (χ1n) is 5.40. The molecule has 0 atom stereocenters. The van der Waals surface area contributed by atoms with Crippen molar-refractivity contribution in [3.63, 3.8) is 0 Å². The fourth-order valence-electron chi connectivity index (χ4n) is 1.54. The van der Waals surface area contributed by atoms with E-state index in [-0.39, 0.29) is 16.9 Å². The molecule has 0 aliphatic carbocycles. The highest BCUT2D eigenvalue weighted by molar-refractivity contribution is 6.31. The van der Waals surface area contributed by atoms with E-state index in [1.165, 1.54) is 13.0 Å². The van der Waals surface area contributed by atoms with Crippen LogP contribution in [0.1, 0.15) is 23.0 Å². The highest BCUT2D eigenvalue weighted by Crippen LogP contribution is 2.14. The van der Waals surface area contributed by atoms with E-state index >= 15 is 0 Å². The molecule has 1 heterocycles. The molecule has 17 heavy (non-hydrogen) atoms. The Kier molecular flexibility index (Phi) is 4.48. The predicted octanol–water partition coefficient (Wildman–Crippen LogP) is 1.57. The first kappa shape index (κ1) is 13.9. The summed E-state index contributed by atoms with van der Waals surface area (Å²) in [5.74, 6) is -0.254. The van der Waals surface area contributed by atoms with Crippen LogP contribution < -0.4 is 5.56 Å². The molecule has 0 radical (unpaired) electrons. The number of carbonyl (C=O) groups excluding carboxylic acids is 1. The molecule has 1 rings (SSSR count). The molecule has 5 heteroatoms. The third-order valence-electron chi connectivity index (χ3n) is 2.65. The lowest BCUT2D eigenvalue weighted by atomic mass is 10.2. The number of hydrogen-bond acceptors (Lipinski definition) is 3. The summed E-state index contributed by atoms with van der Waals surface area (Å²) in [6.45, 7) is 4.40. The minimum absolute atomic E-state index is 0.152. The van der Waals surface area contributed by atoms with Crippen LogP contribution in [0, 0.1) is 6.92 Å². The molecule has 0 aliphatic rings. The van der Waals surface area contributed by atoms with E-state index in [0.717, 1.165) is 6.54 Å². The van der Waals surface area contributed by atoms with Crippen molar-refractivity contribution in [1.82, 2.24) is 9.47 Å². The zero-order valence-electron chi connectivity index (χ0n) is 10.6. The van der Waals surface area contributed by atoms with Crippen LogP contribution in [0.2, 0.25) is 5.02 Å². The number of ketones is 1. The molecule has 4 nitrogen and oxygen atoms in total. The molecular weight excluding hydrogens is 240 g/mol. The molecule has 0 aromatic carbocycles. The van der Waals surface area contributed by atoms with E-state index in [1.807, 2.05) is 19.0 Å². The Morgan fingerprint density at radius 2 is 2.06 bits per heavy atom. The van der Waals surface area contributed by atoms with Crippen LogP contribution in [0.5, 0.6) is 0 Å². The van der Waals surface area contributed by atoms with Gasteiger partial charge in [0.25, 0.3) is 5.56 Å². The van der Waals surface area contributed by atoms with Gasteiger partial charge in [-0.2, -0.15) is 0 Å². The van der Waals surface area contributed by atoms with Gasteiger partial charge in [0.2, 0.25) is 0 Å².